The maximum absolute atomic E-state index is 12.2. The van der Waals surface area contributed by atoms with E-state index >= 15 is 0 Å². The first kappa shape index (κ1) is 10.6. The van der Waals surface area contributed by atoms with E-state index in [1.807, 2.05) is 0 Å². The molecule has 0 spiro atoms. The zero-order chi connectivity index (χ0) is 10.6. The van der Waals surface area contributed by atoms with Crippen molar-refractivity contribution in [3.05, 3.63) is 31.1 Å². The number of pyridine rings is 1. The van der Waals surface area contributed by atoms with E-state index in [-0.39, 0.29) is 12.4 Å². The zero-order valence-corrected chi connectivity index (χ0v) is 7.29. The maximum atomic E-state index is 12.2. The van der Waals surface area contributed by atoms with Gasteiger partial charge in [0.2, 0.25) is 0 Å². The van der Waals surface area contributed by atoms with Gasteiger partial charge in [-0.15, -0.1) is 0 Å². The van der Waals surface area contributed by atoms with Gasteiger partial charge < -0.3 is 17.7 Å². The third kappa shape index (κ3) is 2.79. The predicted octanol–water partition coefficient (Wildman–Crippen LogP) is 1.70. The molecule has 14 heavy (non-hydrogen) atoms. The number of nitrogens with zero attached hydrogens (tertiary/aromatic N) is 1. The van der Waals surface area contributed by atoms with Gasteiger partial charge >= 0.3 is 6.98 Å². The predicted molar refractivity (Wildman–Crippen MR) is 48.6 cm³/mol. The summed E-state index contributed by atoms with van der Waals surface area (Å²) in [5.41, 5.74) is -0.758. The monoisotopic (exact) mass is 202 g/mol. The van der Waals surface area contributed by atoms with Crippen LogP contribution >= 0.6 is 0 Å². The van der Waals surface area contributed by atoms with Gasteiger partial charge in [0.15, 0.2) is 0 Å². The molecule has 6 heteroatoms. The molecule has 1 aromatic rings. The Morgan fingerprint density at radius 2 is 2.14 bits per heavy atom. The summed E-state index contributed by atoms with van der Waals surface area (Å²) in [6.07, 6.45) is 3.46. The van der Waals surface area contributed by atoms with Crippen molar-refractivity contribution < 1.29 is 17.7 Å². The van der Waals surface area contributed by atoms with Crippen LogP contribution in [0.3, 0.4) is 0 Å². The SMILES string of the molecule is C=CCOc1cncc([B-](F)(F)F)c1. The molecule has 0 saturated heterocycles. The van der Waals surface area contributed by atoms with Crippen LogP contribution in [0.25, 0.3) is 0 Å². The average molecular weight is 202 g/mol. The Hall–Kier alpha value is -1.46. The molecule has 2 nitrogen and oxygen atoms in total. The minimum atomic E-state index is -5.01. The fourth-order valence-corrected chi connectivity index (χ4v) is 0.849. The van der Waals surface area contributed by atoms with Crippen LogP contribution in [0.4, 0.5) is 12.9 Å². The molecule has 1 aromatic heterocycles. The number of rotatable bonds is 4. The van der Waals surface area contributed by atoms with Crippen LogP contribution in [0.2, 0.25) is 0 Å². The highest BCUT2D eigenvalue weighted by molar-refractivity contribution is 6.73. The average Bonchev–Trinajstić information content (AvgIpc) is 2.14. The summed E-state index contributed by atoms with van der Waals surface area (Å²) < 4.78 is 41.6. The number of hydrogen-bond donors (Lipinski definition) is 0. The number of ether oxygens (including phenoxy) is 1. The summed E-state index contributed by atoms with van der Waals surface area (Å²) >= 11 is 0. The van der Waals surface area contributed by atoms with Gasteiger partial charge in [0.05, 0.1) is 6.20 Å². The lowest BCUT2D eigenvalue weighted by atomic mass is 9.81. The molecule has 1 rings (SSSR count). The van der Waals surface area contributed by atoms with Crippen LogP contribution < -0.4 is 10.2 Å². The van der Waals surface area contributed by atoms with Crippen molar-refractivity contribution in [3.63, 3.8) is 0 Å². The largest absolute Gasteiger partial charge is 0.511 e. The van der Waals surface area contributed by atoms with Gasteiger partial charge in [-0.2, -0.15) is 0 Å². The van der Waals surface area contributed by atoms with E-state index in [2.05, 4.69) is 11.6 Å². The minimum absolute atomic E-state index is 0.0987. The lowest BCUT2D eigenvalue weighted by Gasteiger charge is -2.14. The third-order valence-corrected chi connectivity index (χ3v) is 1.48. The van der Waals surface area contributed by atoms with Crippen LogP contribution in [0.5, 0.6) is 5.75 Å². The van der Waals surface area contributed by atoms with Crippen LogP contribution in [-0.2, 0) is 0 Å². The number of halogens is 3. The van der Waals surface area contributed by atoms with E-state index in [0.717, 1.165) is 12.3 Å². The Bertz CT molecular complexity index is 327. The van der Waals surface area contributed by atoms with Crippen molar-refractivity contribution in [2.45, 2.75) is 0 Å². The van der Waals surface area contributed by atoms with Crippen LogP contribution in [0.15, 0.2) is 31.1 Å². The van der Waals surface area contributed by atoms with Crippen molar-refractivity contribution >= 4 is 12.4 Å². The number of aromatic nitrogens is 1. The minimum Gasteiger partial charge on any atom is -0.488 e. The molecule has 1 heterocycles. The quantitative estimate of drug-likeness (QED) is 0.547. The smallest absolute Gasteiger partial charge is 0.488 e. The molecule has 0 atom stereocenters. The molecular formula is C8H8BF3NO-. The van der Waals surface area contributed by atoms with Crippen LogP contribution in [0.1, 0.15) is 0 Å². The first-order chi connectivity index (χ1) is 6.54. The molecule has 0 aromatic carbocycles. The van der Waals surface area contributed by atoms with Gasteiger partial charge in [0.25, 0.3) is 0 Å². The lowest BCUT2D eigenvalue weighted by Crippen LogP contribution is -2.34. The molecule has 0 aliphatic carbocycles. The van der Waals surface area contributed by atoms with Crippen LogP contribution in [0, 0.1) is 0 Å². The maximum Gasteiger partial charge on any atom is 0.511 e. The van der Waals surface area contributed by atoms with Gasteiger partial charge in [0.1, 0.15) is 12.4 Å². The molecule has 0 saturated carbocycles. The first-order valence-electron chi connectivity index (χ1n) is 3.92. The van der Waals surface area contributed by atoms with Gasteiger partial charge in [-0.25, -0.2) is 0 Å². The van der Waals surface area contributed by atoms with Gasteiger partial charge in [-0.1, -0.05) is 18.1 Å². The Balaban J connectivity index is 2.84. The second-order valence-corrected chi connectivity index (χ2v) is 2.63. The third-order valence-electron chi connectivity index (χ3n) is 1.48. The summed E-state index contributed by atoms with van der Waals surface area (Å²) in [6, 6.07) is 0.927. The standard InChI is InChI=1S/C8H8BF3NO/c1-2-3-14-8-4-7(5-13-6-8)9(10,11)12/h2,4-6H,1,3H2/q-1. The Labute approximate surface area is 79.5 Å². The van der Waals surface area contributed by atoms with Crippen molar-refractivity contribution in [2.75, 3.05) is 6.61 Å². The van der Waals surface area contributed by atoms with E-state index < -0.39 is 12.4 Å². The summed E-state index contributed by atoms with van der Waals surface area (Å²) in [5.74, 6) is 0.0987. The van der Waals surface area contributed by atoms with Gasteiger partial charge in [0, 0.05) is 6.20 Å². The molecule has 0 N–H and O–H groups in total. The highest BCUT2D eigenvalue weighted by Crippen LogP contribution is 2.12. The van der Waals surface area contributed by atoms with Crippen molar-refractivity contribution in [1.82, 2.24) is 4.98 Å². The molecule has 0 bridgehead atoms. The van der Waals surface area contributed by atoms with Gasteiger partial charge in [-0.3, -0.25) is 4.98 Å². The molecule has 0 radical (unpaired) electrons. The van der Waals surface area contributed by atoms with E-state index in [4.69, 9.17) is 4.74 Å². The molecule has 0 aliphatic heterocycles. The van der Waals surface area contributed by atoms with Crippen molar-refractivity contribution in [3.8, 4) is 5.75 Å². The van der Waals surface area contributed by atoms with E-state index in [0.29, 0.717) is 0 Å². The second-order valence-electron chi connectivity index (χ2n) is 2.63. The molecule has 0 aliphatic rings. The zero-order valence-electron chi connectivity index (χ0n) is 7.29. The molecule has 0 fully saturated rings. The highest BCUT2D eigenvalue weighted by atomic mass is 19.4. The summed E-state index contributed by atoms with van der Waals surface area (Å²) in [6.45, 7) is -1.47. The Morgan fingerprint density at radius 1 is 1.43 bits per heavy atom. The fourth-order valence-electron chi connectivity index (χ4n) is 0.849. The van der Waals surface area contributed by atoms with E-state index in [1.54, 1.807) is 0 Å². The highest BCUT2D eigenvalue weighted by Gasteiger charge is 2.26. The summed E-state index contributed by atoms with van der Waals surface area (Å²) in [5, 5.41) is 0. The summed E-state index contributed by atoms with van der Waals surface area (Å²) in [4.78, 5) is 3.44. The second kappa shape index (κ2) is 4.17. The number of hydrogen-bond acceptors (Lipinski definition) is 2. The lowest BCUT2D eigenvalue weighted by molar-refractivity contribution is 0.361. The molecule has 0 amide bonds. The van der Waals surface area contributed by atoms with Crippen molar-refractivity contribution in [2.24, 2.45) is 0 Å². The van der Waals surface area contributed by atoms with Gasteiger partial charge in [-0.05, 0) is 6.07 Å². The topological polar surface area (TPSA) is 22.1 Å². The Morgan fingerprint density at radius 3 is 2.71 bits per heavy atom. The van der Waals surface area contributed by atoms with Crippen molar-refractivity contribution in [1.29, 1.82) is 0 Å². The summed E-state index contributed by atoms with van der Waals surface area (Å²) in [7, 11) is 0. The first-order valence-corrected chi connectivity index (χ1v) is 3.92. The molecular weight excluding hydrogens is 194 g/mol. The Kier molecular flexibility index (Phi) is 3.16. The molecule has 76 valence electrons. The molecule has 0 unspecified atom stereocenters. The van der Waals surface area contributed by atoms with Crippen LogP contribution in [-0.4, -0.2) is 18.6 Å². The fraction of sp³-hybridized carbons (Fsp3) is 0.125. The normalized spacial score (nSPS) is 11.1. The van der Waals surface area contributed by atoms with E-state index in [9.17, 15) is 12.9 Å². The van der Waals surface area contributed by atoms with E-state index in [1.165, 1.54) is 12.3 Å².